The van der Waals surface area contributed by atoms with E-state index >= 15 is 0 Å². The molecule has 0 aromatic carbocycles. The van der Waals surface area contributed by atoms with Crippen LogP contribution in [0.2, 0.25) is 0 Å². The maximum atomic E-state index is 12.0. The Morgan fingerprint density at radius 2 is 2.00 bits per heavy atom. The smallest absolute Gasteiger partial charge is 0.315 e. The van der Waals surface area contributed by atoms with Crippen LogP contribution in [-0.4, -0.2) is 29.8 Å². The second-order valence-electron chi connectivity index (χ2n) is 6.69. The van der Waals surface area contributed by atoms with Gasteiger partial charge in [-0.3, -0.25) is 0 Å². The molecular formula is C16H26N2O2. The van der Waals surface area contributed by atoms with E-state index in [1.54, 1.807) is 0 Å². The number of allylic oxidation sites excluding steroid dienone is 2. The molecule has 0 aliphatic heterocycles. The Morgan fingerprint density at radius 3 is 2.65 bits per heavy atom. The molecule has 2 bridgehead atoms. The summed E-state index contributed by atoms with van der Waals surface area (Å²) in [6.45, 7) is 0.764. The lowest BCUT2D eigenvalue weighted by Crippen LogP contribution is -2.50. The summed E-state index contributed by atoms with van der Waals surface area (Å²) in [6.07, 6.45) is 12.0. The number of carbonyl (C=O) groups is 1. The van der Waals surface area contributed by atoms with Gasteiger partial charge in [-0.15, -0.1) is 0 Å². The number of nitrogens with one attached hydrogen (secondary N) is 2. The molecule has 5 atom stereocenters. The van der Waals surface area contributed by atoms with Crippen LogP contribution in [0.4, 0.5) is 4.79 Å². The number of aliphatic hydroxyl groups excluding tert-OH is 1. The Morgan fingerprint density at radius 1 is 1.15 bits per heavy atom. The van der Waals surface area contributed by atoms with Gasteiger partial charge in [-0.2, -0.15) is 0 Å². The third-order valence-corrected chi connectivity index (χ3v) is 5.28. The number of rotatable bonds is 3. The fourth-order valence-corrected chi connectivity index (χ4v) is 4.01. The monoisotopic (exact) mass is 278 g/mol. The molecule has 0 saturated heterocycles. The van der Waals surface area contributed by atoms with E-state index in [1.807, 2.05) is 0 Å². The molecule has 0 heterocycles. The summed E-state index contributed by atoms with van der Waals surface area (Å²) in [6, 6.07) is -0.173. The molecule has 4 aliphatic carbocycles. The van der Waals surface area contributed by atoms with Crippen molar-refractivity contribution in [1.82, 2.24) is 10.6 Å². The standard InChI is InChI=1S/C16H26N2O2/c19-15-4-2-1-3-14(15)18-16(20)17-10-13-9-11-5-7-12(13)8-6-11/h5,7,11-15,19H,1-4,6,8-10H2,(H2,17,18,20)/t11?,12?,13?,14-,15-/m0/s1. The Labute approximate surface area is 121 Å². The van der Waals surface area contributed by atoms with Crippen LogP contribution in [0.3, 0.4) is 0 Å². The fraction of sp³-hybridized carbons (Fsp3) is 0.812. The average molecular weight is 278 g/mol. The van der Waals surface area contributed by atoms with Gasteiger partial charge in [0, 0.05) is 6.54 Å². The van der Waals surface area contributed by atoms with Crippen molar-refractivity contribution in [2.24, 2.45) is 17.8 Å². The van der Waals surface area contributed by atoms with E-state index in [9.17, 15) is 9.90 Å². The highest BCUT2D eigenvalue weighted by Crippen LogP contribution is 2.39. The summed E-state index contributed by atoms with van der Waals surface area (Å²) in [7, 11) is 0. The van der Waals surface area contributed by atoms with Crippen molar-refractivity contribution in [2.75, 3.05) is 6.54 Å². The zero-order valence-electron chi connectivity index (χ0n) is 12.1. The Bertz CT molecular complexity index is 383. The first kappa shape index (κ1) is 13.9. The van der Waals surface area contributed by atoms with Crippen molar-refractivity contribution in [3.8, 4) is 0 Å². The van der Waals surface area contributed by atoms with Gasteiger partial charge in [0.2, 0.25) is 0 Å². The number of carbonyl (C=O) groups excluding carboxylic acids is 1. The van der Waals surface area contributed by atoms with Crippen LogP contribution in [-0.2, 0) is 0 Å². The molecule has 0 aromatic rings. The van der Waals surface area contributed by atoms with Crippen molar-refractivity contribution in [3.05, 3.63) is 12.2 Å². The van der Waals surface area contributed by atoms with E-state index in [-0.39, 0.29) is 18.2 Å². The SMILES string of the molecule is O=C(NCC1CC2C=CC1CC2)N[C@H]1CCCC[C@@H]1O. The number of fused-ring (bicyclic) bond motifs is 2. The van der Waals surface area contributed by atoms with Crippen LogP contribution in [0, 0.1) is 17.8 Å². The van der Waals surface area contributed by atoms with E-state index in [4.69, 9.17) is 0 Å². The summed E-state index contributed by atoms with van der Waals surface area (Å²) in [5, 5.41) is 15.8. The van der Waals surface area contributed by atoms with E-state index in [2.05, 4.69) is 22.8 Å². The zero-order chi connectivity index (χ0) is 13.9. The summed E-state index contributed by atoms with van der Waals surface area (Å²) in [4.78, 5) is 12.0. The highest BCUT2D eigenvalue weighted by Gasteiger charge is 2.32. The molecule has 20 heavy (non-hydrogen) atoms. The molecule has 2 saturated carbocycles. The van der Waals surface area contributed by atoms with Gasteiger partial charge in [0.05, 0.1) is 12.1 Å². The molecule has 4 nitrogen and oxygen atoms in total. The fourth-order valence-electron chi connectivity index (χ4n) is 4.01. The van der Waals surface area contributed by atoms with Crippen LogP contribution in [0.1, 0.15) is 44.9 Å². The van der Waals surface area contributed by atoms with Gasteiger partial charge in [0.1, 0.15) is 0 Å². The second-order valence-corrected chi connectivity index (χ2v) is 6.69. The number of hydrogen-bond donors (Lipinski definition) is 3. The third-order valence-electron chi connectivity index (χ3n) is 5.28. The number of amides is 2. The maximum absolute atomic E-state index is 12.0. The van der Waals surface area contributed by atoms with E-state index in [1.165, 1.54) is 19.3 Å². The van der Waals surface area contributed by atoms with E-state index in [0.717, 1.165) is 38.1 Å². The minimum absolute atomic E-state index is 0.0635. The van der Waals surface area contributed by atoms with Crippen molar-refractivity contribution < 1.29 is 9.90 Å². The van der Waals surface area contributed by atoms with Crippen LogP contribution in [0.25, 0.3) is 0 Å². The highest BCUT2D eigenvalue weighted by molar-refractivity contribution is 5.74. The van der Waals surface area contributed by atoms with E-state index < -0.39 is 0 Å². The minimum Gasteiger partial charge on any atom is -0.391 e. The maximum Gasteiger partial charge on any atom is 0.315 e. The molecular weight excluding hydrogens is 252 g/mol. The predicted octanol–water partition coefficient (Wildman–Crippen LogP) is 2.19. The zero-order valence-corrected chi connectivity index (χ0v) is 12.1. The lowest BCUT2D eigenvalue weighted by Gasteiger charge is -2.38. The lowest BCUT2D eigenvalue weighted by atomic mass is 9.69. The highest BCUT2D eigenvalue weighted by atomic mass is 16.3. The molecule has 2 fully saturated rings. The number of aliphatic hydroxyl groups is 1. The van der Waals surface area contributed by atoms with Crippen molar-refractivity contribution in [3.63, 3.8) is 0 Å². The quantitative estimate of drug-likeness (QED) is 0.693. The molecule has 4 heteroatoms. The topological polar surface area (TPSA) is 61.4 Å². The third kappa shape index (κ3) is 3.17. The first-order valence-corrected chi connectivity index (χ1v) is 8.13. The summed E-state index contributed by atoms with van der Waals surface area (Å²) in [5.74, 6) is 1.98. The van der Waals surface area contributed by atoms with Crippen molar-refractivity contribution in [1.29, 1.82) is 0 Å². The summed E-state index contributed by atoms with van der Waals surface area (Å²) in [5.41, 5.74) is 0. The van der Waals surface area contributed by atoms with E-state index in [0.29, 0.717) is 11.8 Å². The average Bonchev–Trinajstić information content (AvgIpc) is 2.49. The molecule has 0 radical (unpaired) electrons. The van der Waals surface area contributed by atoms with Crippen LogP contribution < -0.4 is 10.6 Å². The number of hydrogen-bond acceptors (Lipinski definition) is 2. The Balaban J connectivity index is 1.42. The van der Waals surface area contributed by atoms with Gasteiger partial charge in [0.15, 0.2) is 0 Å². The van der Waals surface area contributed by atoms with Gasteiger partial charge >= 0.3 is 6.03 Å². The summed E-state index contributed by atoms with van der Waals surface area (Å²) >= 11 is 0. The van der Waals surface area contributed by atoms with Gasteiger partial charge in [-0.05, 0) is 49.9 Å². The molecule has 0 aromatic heterocycles. The molecule has 4 aliphatic rings. The normalized spacial score (nSPS) is 39.5. The van der Waals surface area contributed by atoms with Crippen molar-refractivity contribution >= 4 is 6.03 Å². The van der Waals surface area contributed by atoms with Crippen LogP contribution in [0.5, 0.6) is 0 Å². The van der Waals surface area contributed by atoms with Gasteiger partial charge in [-0.1, -0.05) is 25.0 Å². The second kappa shape index (κ2) is 6.17. The molecule has 0 spiro atoms. The molecule has 2 amide bonds. The Kier molecular flexibility index (Phi) is 4.29. The first-order chi connectivity index (χ1) is 9.72. The van der Waals surface area contributed by atoms with Crippen LogP contribution in [0.15, 0.2) is 12.2 Å². The first-order valence-electron chi connectivity index (χ1n) is 8.13. The number of urea groups is 1. The Hall–Kier alpha value is -1.03. The van der Waals surface area contributed by atoms with Gasteiger partial charge in [0.25, 0.3) is 0 Å². The van der Waals surface area contributed by atoms with Crippen LogP contribution >= 0.6 is 0 Å². The van der Waals surface area contributed by atoms with Gasteiger partial charge < -0.3 is 15.7 Å². The van der Waals surface area contributed by atoms with Crippen molar-refractivity contribution in [2.45, 2.75) is 57.1 Å². The minimum atomic E-state index is -0.372. The summed E-state index contributed by atoms with van der Waals surface area (Å²) < 4.78 is 0. The lowest BCUT2D eigenvalue weighted by molar-refractivity contribution is 0.0939. The predicted molar refractivity (Wildman–Crippen MR) is 78.3 cm³/mol. The largest absolute Gasteiger partial charge is 0.391 e. The molecule has 3 unspecified atom stereocenters. The van der Waals surface area contributed by atoms with Gasteiger partial charge in [-0.25, -0.2) is 4.79 Å². The molecule has 112 valence electrons. The molecule has 4 rings (SSSR count). The molecule has 3 N–H and O–H groups in total.